The minimum atomic E-state index is -0.0480. The molecule has 0 saturated heterocycles. The molecule has 0 bridgehead atoms. The summed E-state index contributed by atoms with van der Waals surface area (Å²) in [4.78, 5) is 12.2. The zero-order valence-electron chi connectivity index (χ0n) is 8.45. The molecule has 0 aliphatic rings. The van der Waals surface area contributed by atoms with E-state index in [1.54, 1.807) is 30.1 Å². The normalized spacial score (nSPS) is 10.4. The number of benzene rings is 1. The van der Waals surface area contributed by atoms with E-state index in [4.69, 9.17) is 0 Å². The third-order valence-corrected chi connectivity index (χ3v) is 3.27. The average molecular weight is 344 g/mol. The Kier molecular flexibility index (Phi) is 3.25. The first kappa shape index (κ1) is 11.5. The van der Waals surface area contributed by atoms with Gasteiger partial charge in [-0.3, -0.25) is 9.48 Å². The van der Waals surface area contributed by atoms with Gasteiger partial charge in [0.15, 0.2) is 0 Å². The SMILES string of the molecule is Cn1ncc(Br)c1C(=O)c1cccc(Br)c1. The second-order valence-electron chi connectivity index (χ2n) is 3.30. The number of carbonyl (C=O) groups excluding carboxylic acids is 1. The number of halogens is 2. The van der Waals surface area contributed by atoms with Gasteiger partial charge >= 0.3 is 0 Å². The van der Waals surface area contributed by atoms with Gasteiger partial charge < -0.3 is 0 Å². The lowest BCUT2D eigenvalue weighted by atomic mass is 10.1. The highest BCUT2D eigenvalue weighted by Crippen LogP contribution is 2.20. The zero-order valence-corrected chi connectivity index (χ0v) is 11.6. The molecular formula is C11H8Br2N2O. The van der Waals surface area contributed by atoms with Gasteiger partial charge in [0, 0.05) is 17.1 Å². The standard InChI is InChI=1S/C11H8Br2N2O/c1-15-10(9(13)6-14-15)11(16)7-3-2-4-8(12)5-7/h2-6H,1H3. The first-order chi connectivity index (χ1) is 7.59. The van der Waals surface area contributed by atoms with Crippen LogP contribution in [0.4, 0.5) is 0 Å². The van der Waals surface area contributed by atoms with E-state index in [0.717, 1.165) is 4.47 Å². The Morgan fingerprint density at radius 3 is 2.69 bits per heavy atom. The van der Waals surface area contributed by atoms with Gasteiger partial charge in [-0.1, -0.05) is 28.1 Å². The van der Waals surface area contributed by atoms with Crippen LogP contribution in [0.5, 0.6) is 0 Å². The molecule has 1 aromatic heterocycles. The molecule has 1 aromatic carbocycles. The summed E-state index contributed by atoms with van der Waals surface area (Å²) in [5.74, 6) is -0.0480. The van der Waals surface area contributed by atoms with Gasteiger partial charge in [-0.15, -0.1) is 0 Å². The molecule has 2 rings (SSSR count). The second-order valence-corrected chi connectivity index (χ2v) is 5.07. The van der Waals surface area contributed by atoms with Gasteiger partial charge in [0.2, 0.25) is 5.78 Å². The summed E-state index contributed by atoms with van der Waals surface area (Å²) < 4.78 is 3.16. The number of hydrogen-bond acceptors (Lipinski definition) is 2. The lowest BCUT2D eigenvalue weighted by Gasteiger charge is -2.02. The number of nitrogens with zero attached hydrogens (tertiary/aromatic N) is 2. The second kappa shape index (κ2) is 4.51. The van der Waals surface area contributed by atoms with E-state index in [1.165, 1.54) is 0 Å². The van der Waals surface area contributed by atoms with Crippen molar-refractivity contribution >= 4 is 37.6 Å². The van der Waals surface area contributed by atoms with Crippen molar-refractivity contribution in [3.8, 4) is 0 Å². The summed E-state index contributed by atoms with van der Waals surface area (Å²) in [6.07, 6.45) is 1.62. The van der Waals surface area contributed by atoms with Crippen LogP contribution in [0.25, 0.3) is 0 Å². The molecule has 0 N–H and O–H groups in total. The molecule has 2 aromatic rings. The van der Waals surface area contributed by atoms with Crippen molar-refractivity contribution in [2.75, 3.05) is 0 Å². The number of hydrogen-bond donors (Lipinski definition) is 0. The van der Waals surface area contributed by atoms with Crippen molar-refractivity contribution in [1.29, 1.82) is 0 Å². The Labute approximate surface area is 110 Å². The fourth-order valence-corrected chi connectivity index (χ4v) is 2.36. The molecule has 0 atom stereocenters. The largest absolute Gasteiger partial charge is 0.287 e. The summed E-state index contributed by atoms with van der Waals surface area (Å²) in [7, 11) is 1.75. The molecule has 82 valence electrons. The maximum absolute atomic E-state index is 12.2. The van der Waals surface area contributed by atoms with Gasteiger partial charge in [0.05, 0.1) is 10.7 Å². The molecule has 0 fully saturated rings. The molecule has 0 aliphatic carbocycles. The number of carbonyl (C=O) groups is 1. The van der Waals surface area contributed by atoms with Crippen LogP contribution >= 0.6 is 31.9 Å². The Morgan fingerprint density at radius 1 is 1.38 bits per heavy atom. The summed E-state index contributed by atoms with van der Waals surface area (Å²) in [5, 5.41) is 4.02. The number of rotatable bonds is 2. The minimum Gasteiger partial charge on any atom is -0.287 e. The van der Waals surface area contributed by atoms with Crippen LogP contribution in [0.1, 0.15) is 16.1 Å². The molecule has 0 radical (unpaired) electrons. The van der Waals surface area contributed by atoms with Gasteiger partial charge in [-0.25, -0.2) is 0 Å². The monoisotopic (exact) mass is 342 g/mol. The predicted octanol–water partition coefficient (Wildman–Crippen LogP) is 3.18. The van der Waals surface area contributed by atoms with E-state index >= 15 is 0 Å². The summed E-state index contributed by atoms with van der Waals surface area (Å²) >= 11 is 6.66. The van der Waals surface area contributed by atoms with Crippen LogP contribution in [0.3, 0.4) is 0 Å². The number of ketones is 1. The van der Waals surface area contributed by atoms with E-state index in [2.05, 4.69) is 37.0 Å². The fourth-order valence-electron chi connectivity index (χ4n) is 1.43. The summed E-state index contributed by atoms with van der Waals surface area (Å²) in [5.41, 5.74) is 1.19. The highest BCUT2D eigenvalue weighted by atomic mass is 79.9. The molecule has 1 heterocycles. The molecule has 3 nitrogen and oxygen atoms in total. The number of aromatic nitrogens is 2. The summed E-state index contributed by atoms with van der Waals surface area (Å²) in [6, 6.07) is 7.30. The van der Waals surface area contributed by atoms with Gasteiger partial charge in [-0.05, 0) is 28.1 Å². The molecule has 16 heavy (non-hydrogen) atoms. The molecule has 0 saturated carbocycles. The zero-order chi connectivity index (χ0) is 11.7. The van der Waals surface area contributed by atoms with Crippen molar-refractivity contribution in [2.45, 2.75) is 0 Å². The highest BCUT2D eigenvalue weighted by Gasteiger charge is 2.17. The predicted molar refractivity (Wildman–Crippen MR) is 68.5 cm³/mol. The van der Waals surface area contributed by atoms with E-state index in [9.17, 15) is 4.79 Å². The lowest BCUT2D eigenvalue weighted by Crippen LogP contribution is -2.08. The Morgan fingerprint density at radius 2 is 2.12 bits per heavy atom. The molecule has 0 amide bonds. The van der Waals surface area contributed by atoms with E-state index in [1.807, 2.05) is 12.1 Å². The maximum Gasteiger partial charge on any atom is 0.212 e. The van der Waals surface area contributed by atoms with Gasteiger partial charge in [-0.2, -0.15) is 5.10 Å². The first-order valence-electron chi connectivity index (χ1n) is 4.57. The Hall–Kier alpha value is -0.940. The highest BCUT2D eigenvalue weighted by molar-refractivity contribution is 9.10. The van der Waals surface area contributed by atoms with E-state index in [-0.39, 0.29) is 5.78 Å². The third-order valence-electron chi connectivity index (χ3n) is 2.20. The molecular weight excluding hydrogens is 336 g/mol. The quantitative estimate of drug-likeness (QED) is 0.785. The van der Waals surface area contributed by atoms with Crippen molar-refractivity contribution in [3.05, 3.63) is 50.7 Å². The van der Waals surface area contributed by atoms with Crippen LogP contribution in [0.15, 0.2) is 39.4 Å². The van der Waals surface area contributed by atoms with Crippen LogP contribution in [0.2, 0.25) is 0 Å². The maximum atomic E-state index is 12.2. The molecule has 0 spiro atoms. The van der Waals surface area contributed by atoms with Crippen LogP contribution < -0.4 is 0 Å². The molecule has 5 heteroatoms. The first-order valence-corrected chi connectivity index (χ1v) is 6.16. The smallest absolute Gasteiger partial charge is 0.212 e. The fraction of sp³-hybridized carbons (Fsp3) is 0.0909. The van der Waals surface area contributed by atoms with Crippen LogP contribution in [0, 0.1) is 0 Å². The van der Waals surface area contributed by atoms with Crippen molar-refractivity contribution < 1.29 is 4.79 Å². The van der Waals surface area contributed by atoms with E-state index < -0.39 is 0 Å². The van der Waals surface area contributed by atoms with Gasteiger partial charge in [0.25, 0.3) is 0 Å². The van der Waals surface area contributed by atoms with Crippen molar-refractivity contribution in [3.63, 3.8) is 0 Å². The van der Waals surface area contributed by atoms with Crippen molar-refractivity contribution in [2.24, 2.45) is 7.05 Å². The minimum absolute atomic E-state index is 0.0480. The van der Waals surface area contributed by atoms with Gasteiger partial charge in [0.1, 0.15) is 5.69 Å². The van der Waals surface area contributed by atoms with Crippen LogP contribution in [-0.4, -0.2) is 15.6 Å². The van der Waals surface area contributed by atoms with Crippen molar-refractivity contribution in [1.82, 2.24) is 9.78 Å². The Balaban J connectivity index is 2.47. The molecule has 0 aliphatic heterocycles. The van der Waals surface area contributed by atoms with Crippen LogP contribution in [-0.2, 0) is 7.05 Å². The average Bonchev–Trinajstić information content (AvgIpc) is 2.58. The third kappa shape index (κ3) is 2.10. The lowest BCUT2D eigenvalue weighted by molar-refractivity contribution is 0.102. The Bertz CT molecular complexity index is 529. The van der Waals surface area contributed by atoms with E-state index in [0.29, 0.717) is 15.7 Å². The molecule has 0 unspecified atom stereocenters. The number of aryl methyl sites for hydroxylation is 1. The summed E-state index contributed by atoms with van der Waals surface area (Å²) in [6.45, 7) is 0. The topological polar surface area (TPSA) is 34.9 Å².